The number of ether oxygens (including phenoxy) is 1. The van der Waals surface area contributed by atoms with Crippen LogP contribution in [0.4, 0.5) is 14.5 Å². The predicted octanol–water partition coefficient (Wildman–Crippen LogP) is 4.53. The predicted molar refractivity (Wildman–Crippen MR) is 113 cm³/mol. The molecule has 1 saturated heterocycles. The average molecular weight is 433 g/mol. The van der Waals surface area contributed by atoms with Gasteiger partial charge in [0, 0.05) is 17.7 Å². The number of halogens is 2. The smallest absolute Gasteiger partial charge is 0.300 e. The Morgan fingerprint density at radius 3 is 2.50 bits per heavy atom. The summed E-state index contributed by atoms with van der Waals surface area (Å²) in [5.74, 6) is -2.53. The summed E-state index contributed by atoms with van der Waals surface area (Å²) in [6.07, 6.45) is 0.662. The maximum atomic E-state index is 13.9. The van der Waals surface area contributed by atoms with Crippen molar-refractivity contribution >= 4 is 23.1 Å². The lowest BCUT2D eigenvalue weighted by molar-refractivity contribution is -0.132. The number of carbonyl (C=O) groups is 2. The number of benzene rings is 3. The molecule has 3 aromatic carbocycles. The van der Waals surface area contributed by atoms with Crippen molar-refractivity contribution in [2.75, 3.05) is 11.5 Å². The molecule has 2 aliphatic heterocycles. The number of rotatable bonds is 3. The number of anilines is 1. The molecule has 1 atom stereocenters. The minimum atomic E-state index is -1.05. The number of ketones is 1. The van der Waals surface area contributed by atoms with E-state index in [0.29, 0.717) is 29.9 Å². The van der Waals surface area contributed by atoms with Crippen LogP contribution in [-0.4, -0.2) is 23.4 Å². The van der Waals surface area contributed by atoms with Gasteiger partial charge in [0.15, 0.2) is 0 Å². The fourth-order valence-electron chi connectivity index (χ4n) is 4.17. The van der Waals surface area contributed by atoms with Crippen LogP contribution in [0.15, 0.2) is 72.3 Å². The number of nitrogens with zero attached hydrogens (tertiary/aromatic N) is 1. The lowest BCUT2D eigenvalue weighted by atomic mass is 9.94. The SMILES string of the molecule is O=C1C(=O)N(c2cccc(F)c2)C(c2ccc(F)cc2)/C1=C(/O)c1ccc2c(c1)CCO2. The van der Waals surface area contributed by atoms with E-state index >= 15 is 0 Å². The van der Waals surface area contributed by atoms with E-state index in [1.165, 1.54) is 42.5 Å². The summed E-state index contributed by atoms with van der Waals surface area (Å²) in [4.78, 5) is 27.2. The second-order valence-corrected chi connectivity index (χ2v) is 7.62. The second kappa shape index (κ2) is 7.60. The molecule has 0 radical (unpaired) electrons. The molecule has 160 valence electrons. The highest BCUT2D eigenvalue weighted by molar-refractivity contribution is 6.51. The van der Waals surface area contributed by atoms with Crippen LogP contribution < -0.4 is 9.64 Å². The first-order chi connectivity index (χ1) is 15.4. The van der Waals surface area contributed by atoms with E-state index < -0.39 is 29.4 Å². The van der Waals surface area contributed by atoms with E-state index in [0.717, 1.165) is 16.5 Å². The zero-order valence-corrected chi connectivity index (χ0v) is 16.7. The number of aliphatic hydroxyl groups excluding tert-OH is 1. The Morgan fingerprint density at radius 1 is 0.969 bits per heavy atom. The first-order valence-corrected chi connectivity index (χ1v) is 10.0. The zero-order valence-electron chi connectivity index (χ0n) is 16.7. The normalized spacial score (nSPS) is 19.2. The van der Waals surface area contributed by atoms with Gasteiger partial charge in [-0.25, -0.2) is 8.78 Å². The summed E-state index contributed by atoms with van der Waals surface area (Å²) >= 11 is 0. The summed E-state index contributed by atoms with van der Waals surface area (Å²) in [5.41, 5.74) is 1.65. The van der Waals surface area contributed by atoms with Crippen molar-refractivity contribution in [1.82, 2.24) is 0 Å². The van der Waals surface area contributed by atoms with Gasteiger partial charge in [0.2, 0.25) is 0 Å². The van der Waals surface area contributed by atoms with E-state index in [9.17, 15) is 23.5 Å². The minimum Gasteiger partial charge on any atom is -0.507 e. The third kappa shape index (κ3) is 3.22. The zero-order chi connectivity index (χ0) is 22.4. The van der Waals surface area contributed by atoms with Gasteiger partial charge in [-0.15, -0.1) is 0 Å². The number of hydrogen-bond acceptors (Lipinski definition) is 4. The molecule has 0 aliphatic carbocycles. The molecule has 1 fully saturated rings. The maximum Gasteiger partial charge on any atom is 0.300 e. The van der Waals surface area contributed by atoms with Gasteiger partial charge < -0.3 is 9.84 Å². The quantitative estimate of drug-likeness (QED) is 0.375. The van der Waals surface area contributed by atoms with Crippen molar-refractivity contribution in [3.8, 4) is 5.75 Å². The van der Waals surface area contributed by atoms with E-state index in [1.54, 1.807) is 18.2 Å². The molecule has 3 aromatic rings. The molecule has 0 aromatic heterocycles. The highest BCUT2D eigenvalue weighted by Gasteiger charge is 2.47. The van der Waals surface area contributed by atoms with E-state index in [-0.39, 0.29) is 17.0 Å². The van der Waals surface area contributed by atoms with Crippen molar-refractivity contribution in [2.24, 2.45) is 0 Å². The number of Topliss-reactive ketones (excluding diaryl/α,β-unsaturated/α-hetero) is 1. The molecule has 2 heterocycles. The monoisotopic (exact) mass is 433 g/mol. The molecular formula is C25H17F2NO4. The molecule has 0 saturated carbocycles. The molecule has 5 nitrogen and oxygen atoms in total. The van der Waals surface area contributed by atoms with Crippen LogP contribution in [0.5, 0.6) is 5.75 Å². The second-order valence-electron chi connectivity index (χ2n) is 7.62. The Bertz CT molecular complexity index is 1280. The van der Waals surface area contributed by atoms with Crippen molar-refractivity contribution < 1.29 is 28.2 Å². The Kier molecular flexibility index (Phi) is 4.74. The number of hydrogen-bond donors (Lipinski definition) is 1. The fraction of sp³-hybridized carbons (Fsp3) is 0.120. The van der Waals surface area contributed by atoms with Gasteiger partial charge in [0.05, 0.1) is 18.2 Å². The Balaban J connectivity index is 1.71. The van der Waals surface area contributed by atoms with Crippen LogP contribution in [-0.2, 0) is 16.0 Å². The first kappa shape index (κ1) is 19.9. The summed E-state index contributed by atoms with van der Waals surface area (Å²) in [6.45, 7) is 0.527. The number of carbonyl (C=O) groups excluding carboxylic acids is 2. The van der Waals surface area contributed by atoms with Gasteiger partial charge in [-0.2, -0.15) is 0 Å². The van der Waals surface area contributed by atoms with Crippen molar-refractivity contribution in [3.05, 3.63) is 101 Å². The number of aliphatic hydroxyl groups is 1. The Labute approximate surface area is 182 Å². The van der Waals surface area contributed by atoms with Crippen molar-refractivity contribution in [2.45, 2.75) is 12.5 Å². The van der Waals surface area contributed by atoms with Gasteiger partial charge in [-0.1, -0.05) is 18.2 Å². The van der Waals surface area contributed by atoms with Gasteiger partial charge in [0.25, 0.3) is 11.7 Å². The van der Waals surface area contributed by atoms with E-state index in [4.69, 9.17) is 4.74 Å². The summed E-state index contributed by atoms with van der Waals surface area (Å²) in [7, 11) is 0. The molecule has 0 spiro atoms. The summed E-state index contributed by atoms with van der Waals surface area (Å²) in [6, 6.07) is 14.5. The molecule has 0 bridgehead atoms. The number of amides is 1. The van der Waals surface area contributed by atoms with Crippen LogP contribution in [0, 0.1) is 11.6 Å². The fourth-order valence-corrected chi connectivity index (χ4v) is 4.17. The van der Waals surface area contributed by atoms with Gasteiger partial charge in [-0.3, -0.25) is 14.5 Å². The molecule has 7 heteroatoms. The van der Waals surface area contributed by atoms with Crippen LogP contribution in [0.2, 0.25) is 0 Å². The largest absolute Gasteiger partial charge is 0.507 e. The van der Waals surface area contributed by atoms with Crippen molar-refractivity contribution in [3.63, 3.8) is 0 Å². The molecular weight excluding hydrogens is 416 g/mol. The number of fused-ring (bicyclic) bond motifs is 1. The highest BCUT2D eigenvalue weighted by atomic mass is 19.1. The van der Waals surface area contributed by atoms with Crippen LogP contribution in [0.25, 0.3) is 5.76 Å². The molecule has 1 N–H and O–H groups in total. The van der Waals surface area contributed by atoms with Crippen LogP contribution in [0.3, 0.4) is 0 Å². The molecule has 5 rings (SSSR count). The van der Waals surface area contributed by atoms with Gasteiger partial charge >= 0.3 is 0 Å². The highest BCUT2D eigenvalue weighted by Crippen LogP contribution is 2.42. The average Bonchev–Trinajstić information content (AvgIpc) is 3.36. The standard InChI is InChI=1S/C25H17F2NO4/c26-17-7-4-14(5-8-17)22-21(23(29)16-6-9-20-15(12-16)10-11-32-20)24(30)25(31)28(22)19-3-1-2-18(27)13-19/h1-9,12-13,22,29H,10-11H2/b23-21-. The summed E-state index contributed by atoms with van der Waals surface area (Å²) in [5, 5.41) is 11.1. The van der Waals surface area contributed by atoms with Crippen LogP contribution >= 0.6 is 0 Å². The topological polar surface area (TPSA) is 66.8 Å². The van der Waals surface area contributed by atoms with Gasteiger partial charge in [0.1, 0.15) is 23.1 Å². The first-order valence-electron chi connectivity index (χ1n) is 10.0. The van der Waals surface area contributed by atoms with Crippen molar-refractivity contribution in [1.29, 1.82) is 0 Å². The van der Waals surface area contributed by atoms with Gasteiger partial charge in [-0.05, 0) is 59.7 Å². The molecule has 32 heavy (non-hydrogen) atoms. The Morgan fingerprint density at radius 2 is 1.75 bits per heavy atom. The third-order valence-electron chi connectivity index (χ3n) is 5.68. The molecule has 2 aliphatic rings. The molecule has 1 amide bonds. The minimum absolute atomic E-state index is 0.148. The Hall–Kier alpha value is -4.00. The maximum absolute atomic E-state index is 13.9. The lowest BCUT2D eigenvalue weighted by Gasteiger charge is -2.25. The third-order valence-corrected chi connectivity index (χ3v) is 5.68. The lowest BCUT2D eigenvalue weighted by Crippen LogP contribution is -2.29. The van der Waals surface area contributed by atoms with Crippen LogP contribution in [0.1, 0.15) is 22.7 Å². The molecule has 1 unspecified atom stereocenters. The summed E-state index contributed by atoms with van der Waals surface area (Å²) < 4.78 is 33.0. The van der Waals surface area contributed by atoms with E-state index in [1.807, 2.05) is 0 Å². The van der Waals surface area contributed by atoms with E-state index in [2.05, 4.69) is 0 Å².